The fraction of sp³-hybridized carbons (Fsp3) is 0.263. The fourth-order valence-corrected chi connectivity index (χ4v) is 2.97. The Hall–Kier alpha value is -2.73. The van der Waals surface area contributed by atoms with Crippen molar-refractivity contribution in [3.8, 4) is 0 Å². The monoisotopic (exact) mass is 342 g/mol. The van der Waals surface area contributed by atoms with Crippen molar-refractivity contribution in [1.82, 2.24) is 9.80 Å². The number of urea groups is 1. The van der Waals surface area contributed by atoms with Gasteiger partial charge in [0, 0.05) is 13.7 Å². The van der Waals surface area contributed by atoms with Gasteiger partial charge in [0.25, 0.3) is 5.91 Å². The van der Waals surface area contributed by atoms with Crippen LogP contribution in [-0.4, -0.2) is 48.5 Å². The van der Waals surface area contributed by atoms with Crippen LogP contribution in [0.25, 0.3) is 0 Å². The molecular formula is C19H19FN2O3. The van der Waals surface area contributed by atoms with Crippen molar-refractivity contribution in [2.45, 2.75) is 6.04 Å². The molecule has 0 saturated carbocycles. The Morgan fingerprint density at radius 2 is 1.68 bits per heavy atom. The first-order valence-electron chi connectivity index (χ1n) is 8.02. The van der Waals surface area contributed by atoms with E-state index < -0.39 is 6.04 Å². The zero-order chi connectivity index (χ0) is 17.8. The van der Waals surface area contributed by atoms with Gasteiger partial charge in [-0.25, -0.2) is 9.18 Å². The van der Waals surface area contributed by atoms with Gasteiger partial charge in [-0.15, -0.1) is 0 Å². The van der Waals surface area contributed by atoms with Crippen molar-refractivity contribution >= 4 is 11.9 Å². The highest BCUT2D eigenvalue weighted by atomic mass is 19.1. The zero-order valence-corrected chi connectivity index (χ0v) is 13.9. The topological polar surface area (TPSA) is 49.9 Å². The summed E-state index contributed by atoms with van der Waals surface area (Å²) in [5, 5.41) is 0. The lowest BCUT2D eigenvalue weighted by molar-refractivity contribution is -0.126. The van der Waals surface area contributed by atoms with E-state index in [9.17, 15) is 14.0 Å². The molecule has 0 spiro atoms. The van der Waals surface area contributed by atoms with Crippen molar-refractivity contribution in [3.63, 3.8) is 0 Å². The number of nitrogens with zero attached hydrogens (tertiary/aromatic N) is 2. The summed E-state index contributed by atoms with van der Waals surface area (Å²) >= 11 is 0. The van der Waals surface area contributed by atoms with Crippen molar-refractivity contribution < 1.29 is 18.7 Å². The molecule has 1 aliphatic rings. The maximum atomic E-state index is 13.3. The van der Waals surface area contributed by atoms with E-state index in [1.54, 1.807) is 19.2 Å². The van der Waals surface area contributed by atoms with Crippen LogP contribution in [0.4, 0.5) is 9.18 Å². The highest BCUT2D eigenvalue weighted by molar-refractivity contribution is 6.02. The SMILES string of the molecule is COCCN1CC(=O)N([C@@H](c2ccccc2)c2ccc(F)cc2)C1=O. The average Bonchev–Trinajstić information content (AvgIpc) is 2.90. The van der Waals surface area contributed by atoms with Crippen LogP contribution in [0.2, 0.25) is 0 Å². The fourth-order valence-electron chi connectivity index (χ4n) is 2.97. The lowest BCUT2D eigenvalue weighted by Gasteiger charge is -2.27. The number of ether oxygens (including phenoxy) is 1. The molecule has 0 N–H and O–H groups in total. The van der Waals surface area contributed by atoms with E-state index in [4.69, 9.17) is 4.74 Å². The van der Waals surface area contributed by atoms with Crippen LogP contribution in [-0.2, 0) is 9.53 Å². The minimum Gasteiger partial charge on any atom is -0.383 e. The average molecular weight is 342 g/mol. The van der Waals surface area contributed by atoms with Gasteiger partial charge in [-0.2, -0.15) is 0 Å². The number of hydrogen-bond donors (Lipinski definition) is 0. The third-order valence-corrected chi connectivity index (χ3v) is 4.20. The van der Waals surface area contributed by atoms with E-state index in [1.807, 2.05) is 30.3 Å². The van der Waals surface area contributed by atoms with Gasteiger partial charge >= 0.3 is 6.03 Å². The molecule has 1 fully saturated rings. The maximum Gasteiger partial charge on any atom is 0.328 e. The highest BCUT2D eigenvalue weighted by Crippen LogP contribution is 2.32. The molecule has 1 aliphatic heterocycles. The number of hydrogen-bond acceptors (Lipinski definition) is 3. The Morgan fingerprint density at radius 1 is 1.04 bits per heavy atom. The summed E-state index contributed by atoms with van der Waals surface area (Å²) in [5.41, 5.74) is 1.48. The molecule has 0 aromatic heterocycles. The number of benzene rings is 2. The third-order valence-electron chi connectivity index (χ3n) is 4.20. The van der Waals surface area contributed by atoms with Crippen LogP contribution >= 0.6 is 0 Å². The second-order valence-corrected chi connectivity index (χ2v) is 5.83. The quantitative estimate of drug-likeness (QED) is 0.759. The molecule has 5 nitrogen and oxygen atoms in total. The number of carbonyl (C=O) groups excluding carboxylic acids is 2. The van der Waals surface area contributed by atoms with E-state index in [2.05, 4.69) is 0 Å². The largest absolute Gasteiger partial charge is 0.383 e. The van der Waals surface area contributed by atoms with Crippen LogP contribution in [0.5, 0.6) is 0 Å². The third kappa shape index (κ3) is 3.53. The van der Waals surface area contributed by atoms with Gasteiger partial charge in [0.15, 0.2) is 0 Å². The van der Waals surface area contributed by atoms with Gasteiger partial charge in [-0.3, -0.25) is 9.69 Å². The number of amides is 3. The van der Waals surface area contributed by atoms with Crippen LogP contribution in [0.15, 0.2) is 54.6 Å². The Labute approximate surface area is 145 Å². The van der Waals surface area contributed by atoms with Crippen LogP contribution in [0.1, 0.15) is 17.2 Å². The molecule has 0 unspecified atom stereocenters. The minimum atomic E-state index is -0.589. The van der Waals surface area contributed by atoms with Gasteiger partial charge < -0.3 is 9.64 Å². The molecule has 130 valence electrons. The van der Waals surface area contributed by atoms with E-state index in [-0.39, 0.29) is 24.3 Å². The highest BCUT2D eigenvalue weighted by Gasteiger charge is 2.41. The summed E-state index contributed by atoms with van der Waals surface area (Å²) in [6.07, 6.45) is 0. The lowest BCUT2D eigenvalue weighted by Crippen LogP contribution is -2.37. The molecule has 3 rings (SSSR count). The molecule has 1 heterocycles. The summed E-state index contributed by atoms with van der Waals surface area (Å²) in [6, 6.07) is 14.2. The molecule has 0 bridgehead atoms. The van der Waals surface area contributed by atoms with Crippen LogP contribution in [0.3, 0.4) is 0 Å². The first-order chi connectivity index (χ1) is 12.1. The molecule has 2 aromatic rings. The van der Waals surface area contributed by atoms with Gasteiger partial charge in [0.1, 0.15) is 12.4 Å². The van der Waals surface area contributed by atoms with Crippen molar-refractivity contribution in [1.29, 1.82) is 0 Å². The first kappa shape index (κ1) is 17.1. The minimum absolute atomic E-state index is 0.0206. The summed E-state index contributed by atoms with van der Waals surface area (Å²) in [7, 11) is 1.55. The Bertz CT molecular complexity index is 749. The molecular weight excluding hydrogens is 323 g/mol. The number of halogens is 1. The summed E-state index contributed by atoms with van der Waals surface area (Å²) in [4.78, 5) is 28.1. The predicted molar refractivity (Wildman–Crippen MR) is 90.4 cm³/mol. The van der Waals surface area contributed by atoms with E-state index in [1.165, 1.54) is 21.9 Å². The van der Waals surface area contributed by atoms with Crippen molar-refractivity contribution in [2.24, 2.45) is 0 Å². The van der Waals surface area contributed by atoms with Crippen LogP contribution < -0.4 is 0 Å². The second-order valence-electron chi connectivity index (χ2n) is 5.83. The van der Waals surface area contributed by atoms with Crippen molar-refractivity contribution in [2.75, 3.05) is 26.8 Å². The van der Waals surface area contributed by atoms with E-state index in [0.717, 1.165) is 5.56 Å². The lowest BCUT2D eigenvalue weighted by atomic mass is 9.97. The Morgan fingerprint density at radius 3 is 2.32 bits per heavy atom. The molecule has 0 radical (unpaired) electrons. The normalized spacial score (nSPS) is 15.8. The Balaban J connectivity index is 1.98. The smallest absolute Gasteiger partial charge is 0.328 e. The first-order valence-corrected chi connectivity index (χ1v) is 8.02. The molecule has 1 saturated heterocycles. The van der Waals surface area contributed by atoms with Crippen molar-refractivity contribution in [3.05, 3.63) is 71.5 Å². The number of carbonyl (C=O) groups is 2. The zero-order valence-electron chi connectivity index (χ0n) is 13.9. The Kier molecular flexibility index (Phi) is 5.09. The van der Waals surface area contributed by atoms with E-state index in [0.29, 0.717) is 18.7 Å². The van der Waals surface area contributed by atoms with Crippen LogP contribution in [0, 0.1) is 5.82 Å². The molecule has 1 atom stereocenters. The molecule has 25 heavy (non-hydrogen) atoms. The molecule has 0 aliphatic carbocycles. The van der Waals surface area contributed by atoms with Gasteiger partial charge in [0.2, 0.25) is 0 Å². The van der Waals surface area contributed by atoms with E-state index >= 15 is 0 Å². The molecule has 6 heteroatoms. The van der Waals surface area contributed by atoms with Gasteiger partial charge in [-0.05, 0) is 23.3 Å². The number of rotatable bonds is 6. The van der Waals surface area contributed by atoms with Gasteiger partial charge in [0.05, 0.1) is 12.6 Å². The molecule has 3 amide bonds. The predicted octanol–water partition coefficient (Wildman–Crippen LogP) is 2.83. The summed E-state index contributed by atoms with van der Waals surface area (Å²) < 4.78 is 18.3. The molecule has 2 aromatic carbocycles. The summed E-state index contributed by atoms with van der Waals surface area (Å²) in [5.74, 6) is -0.643. The second kappa shape index (κ2) is 7.44. The van der Waals surface area contributed by atoms with Gasteiger partial charge in [-0.1, -0.05) is 42.5 Å². The number of methoxy groups -OCH3 is 1. The summed E-state index contributed by atoms with van der Waals surface area (Å²) in [6.45, 7) is 0.731. The standard InChI is InChI=1S/C19H19FN2O3/c1-25-12-11-21-13-17(23)22(19(21)24)18(14-5-3-2-4-6-14)15-7-9-16(20)10-8-15/h2-10,18H,11-13H2,1H3/t18-/m0/s1. The number of imide groups is 1. The maximum absolute atomic E-state index is 13.3.